The summed E-state index contributed by atoms with van der Waals surface area (Å²) in [6, 6.07) is 8.32. The van der Waals surface area contributed by atoms with Crippen molar-refractivity contribution in [2.45, 2.75) is 13.0 Å². The van der Waals surface area contributed by atoms with Crippen molar-refractivity contribution in [3.05, 3.63) is 40.0 Å². The third-order valence-corrected chi connectivity index (χ3v) is 4.61. The topological polar surface area (TPSA) is 33.1 Å². The Morgan fingerprint density at radius 1 is 1.18 bits per heavy atom. The monoisotopic (exact) mass is 261 g/mol. The van der Waals surface area contributed by atoms with E-state index in [1.165, 1.54) is 21.4 Å². The van der Waals surface area contributed by atoms with Crippen LogP contribution in [0.15, 0.2) is 35.0 Å². The molecule has 0 aliphatic heterocycles. The Labute approximate surface area is 107 Å². The van der Waals surface area contributed by atoms with Gasteiger partial charge in [0.15, 0.2) is 0 Å². The summed E-state index contributed by atoms with van der Waals surface area (Å²) < 4.78 is 1.27. The second-order valence-electron chi connectivity index (χ2n) is 3.89. The lowest BCUT2D eigenvalue weighted by molar-refractivity contribution is 0.199. The molecule has 17 heavy (non-hydrogen) atoms. The Kier molecular flexibility index (Phi) is 2.70. The van der Waals surface area contributed by atoms with E-state index in [-0.39, 0.29) is 0 Å². The molecule has 0 bridgehead atoms. The molecular formula is C13H11NOS2. The quantitative estimate of drug-likeness (QED) is 0.754. The Hall–Kier alpha value is -1.23. The lowest BCUT2D eigenvalue weighted by Gasteiger charge is -1.96. The van der Waals surface area contributed by atoms with Crippen LogP contribution in [0.5, 0.6) is 0 Å². The number of rotatable bonds is 2. The van der Waals surface area contributed by atoms with Gasteiger partial charge in [-0.15, -0.1) is 22.7 Å². The molecule has 2 heterocycles. The number of aliphatic hydroxyl groups is 1. The van der Waals surface area contributed by atoms with Crippen LogP contribution in [0.1, 0.15) is 18.0 Å². The molecule has 1 N–H and O–H groups in total. The molecule has 0 aliphatic carbocycles. The summed E-state index contributed by atoms with van der Waals surface area (Å²) in [5.74, 6) is 0. The third-order valence-electron chi connectivity index (χ3n) is 2.64. The van der Waals surface area contributed by atoms with Gasteiger partial charge in [-0.2, -0.15) is 0 Å². The molecule has 0 fully saturated rings. The van der Waals surface area contributed by atoms with Crippen molar-refractivity contribution in [2.75, 3.05) is 0 Å². The normalized spacial score (nSPS) is 13.1. The van der Waals surface area contributed by atoms with Crippen molar-refractivity contribution >= 4 is 32.8 Å². The number of benzene rings is 1. The molecule has 0 saturated carbocycles. The maximum Gasteiger partial charge on any atom is 0.122 e. The van der Waals surface area contributed by atoms with Crippen molar-refractivity contribution in [2.24, 2.45) is 0 Å². The molecule has 1 aromatic carbocycles. The molecule has 0 spiro atoms. The van der Waals surface area contributed by atoms with Crippen LogP contribution in [0.3, 0.4) is 0 Å². The summed E-state index contributed by atoms with van der Waals surface area (Å²) in [6.45, 7) is 1.74. The zero-order valence-corrected chi connectivity index (χ0v) is 10.9. The number of hydrogen-bond acceptors (Lipinski definition) is 4. The minimum atomic E-state index is -0.487. The van der Waals surface area contributed by atoms with E-state index in [0.717, 1.165) is 16.3 Å². The number of nitrogens with zero attached hydrogens (tertiary/aromatic N) is 1. The van der Waals surface area contributed by atoms with Gasteiger partial charge in [-0.25, -0.2) is 4.98 Å². The number of hydrogen-bond donors (Lipinski definition) is 1. The van der Waals surface area contributed by atoms with E-state index in [9.17, 15) is 5.11 Å². The van der Waals surface area contributed by atoms with E-state index in [2.05, 4.69) is 22.5 Å². The first-order valence-corrected chi connectivity index (χ1v) is 7.12. The largest absolute Gasteiger partial charge is 0.386 e. The van der Waals surface area contributed by atoms with Crippen LogP contribution in [0.2, 0.25) is 0 Å². The van der Waals surface area contributed by atoms with Crippen molar-refractivity contribution < 1.29 is 5.11 Å². The van der Waals surface area contributed by atoms with Crippen LogP contribution in [0.4, 0.5) is 0 Å². The Bertz CT molecular complexity index is 654. The summed E-state index contributed by atoms with van der Waals surface area (Å²) >= 11 is 3.24. The molecule has 2 aromatic heterocycles. The van der Waals surface area contributed by atoms with Gasteiger partial charge in [0.05, 0.1) is 5.69 Å². The smallest absolute Gasteiger partial charge is 0.122 e. The van der Waals surface area contributed by atoms with Crippen LogP contribution < -0.4 is 0 Å². The van der Waals surface area contributed by atoms with Crippen LogP contribution in [0.25, 0.3) is 21.3 Å². The van der Waals surface area contributed by atoms with Crippen LogP contribution in [-0.2, 0) is 0 Å². The zero-order valence-electron chi connectivity index (χ0n) is 9.25. The summed E-state index contributed by atoms with van der Waals surface area (Å²) in [7, 11) is 0. The van der Waals surface area contributed by atoms with Gasteiger partial charge in [0.25, 0.3) is 0 Å². The standard InChI is InChI=1S/C13H11NOS2/c1-8(15)13-14-11(7-17-13)10-6-16-12-5-3-2-4-9(10)12/h2-8,15H,1H3. The van der Waals surface area contributed by atoms with Gasteiger partial charge in [-0.05, 0) is 13.0 Å². The predicted molar refractivity (Wildman–Crippen MR) is 73.6 cm³/mol. The number of aliphatic hydroxyl groups excluding tert-OH is 1. The first kappa shape index (κ1) is 10.9. The molecule has 1 atom stereocenters. The van der Waals surface area contributed by atoms with Crippen molar-refractivity contribution in [1.29, 1.82) is 0 Å². The molecule has 86 valence electrons. The summed E-state index contributed by atoms with van der Waals surface area (Å²) in [5, 5.41) is 15.6. The maximum absolute atomic E-state index is 9.50. The van der Waals surface area contributed by atoms with E-state index in [1.807, 2.05) is 17.5 Å². The average Bonchev–Trinajstić information content (AvgIpc) is 2.95. The van der Waals surface area contributed by atoms with Gasteiger partial charge >= 0.3 is 0 Å². The number of aromatic nitrogens is 1. The minimum absolute atomic E-state index is 0.487. The molecular weight excluding hydrogens is 250 g/mol. The van der Waals surface area contributed by atoms with Crippen molar-refractivity contribution in [3.63, 3.8) is 0 Å². The molecule has 3 rings (SSSR count). The van der Waals surface area contributed by atoms with Gasteiger partial charge < -0.3 is 5.11 Å². The fourth-order valence-electron chi connectivity index (χ4n) is 1.78. The van der Waals surface area contributed by atoms with Gasteiger partial charge in [0.1, 0.15) is 11.1 Å². The van der Waals surface area contributed by atoms with E-state index < -0.39 is 6.10 Å². The van der Waals surface area contributed by atoms with Gasteiger partial charge in [0.2, 0.25) is 0 Å². The van der Waals surface area contributed by atoms with Crippen molar-refractivity contribution in [3.8, 4) is 11.3 Å². The summed E-state index contributed by atoms with van der Waals surface area (Å²) in [4.78, 5) is 4.48. The summed E-state index contributed by atoms with van der Waals surface area (Å²) in [5.41, 5.74) is 2.12. The predicted octanol–water partition coefficient (Wildman–Crippen LogP) is 4.08. The second-order valence-corrected chi connectivity index (χ2v) is 5.69. The molecule has 4 heteroatoms. The first-order valence-electron chi connectivity index (χ1n) is 5.36. The first-order chi connectivity index (χ1) is 8.25. The number of fused-ring (bicyclic) bond motifs is 1. The Morgan fingerprint density at radius 3 is 2.76 bits per heavy atom. The van der Waals surface area contributed by atoms with Gasteiger partial charge in [-0.3, -0.25) is 0 Å². The highest BCUT2D eigenvalue weighted by molar-refractivity contribution is 7.17. The second kappa shape index (κ2) is 4.22. The average molecular weight is 261 g/mol. The lowest BCUT2D eigenvalue weighted by Crippen LogP contribution is -1.88. The summed E-state index contributed by atoms with van der Waals surface area (Å²) in [6.07, 6.45) is -0.487. The Balaban J connectivity index is 2.14. The molecule has 3 aromatic rings. The van der Waals surface area contributed by atoms with Gasteiger partial charge in [0, 0.05) is 26.4 Å². The van der Waals surface area contributed by atoms with Crippen LogP contribution in [0, 0.1) is 0 Å². The number of thiazole rings is 1. The lowest BCUT2D eigenvalue weighted by atomic mass is 10.1. The highest BCUT2D eigenvalue weighted by atomic mass is 32.1. The fraction of sp³-hybridized carbons (Fsp3) is 0.154. The SMILES string of the molecule is CC(O)c1nc(-c2csc3ccccc23)cs1. The molecule has 0 radical (unpaired) electrons. The van der Waals surface area contributed by atoms with Crippen molar-refractivity contribution in [1.82, 2.24) is 4.98 Å². The zero-order chi connectivity index (χ0) is 11.8. The Morgan fingerprint density at radius 2 is 2.00 bits per heavy atom. The molecule has 0 aliphatic rings. The maximum atomic E-state index is 9.50. The number of thiophene rings is 1. The van der Waals surface area contributed by atoms with E-state index in [4.69, 9.17) is 0 Å². The van der Waals surface area contributed by atoms with E-state index in [0.29, 0.717) is 0 Å². The fourth-order valence-corrected chi connectivity index (χ4v) is 3.49. The highest BCUT2D eigenvalue weighted by Crippen LogP contribution is 2.34. The van der Waals surface area contributed by atoms with Crippen LogP contribution >= 0.6 is 22.7 Å². The van der Waals surface area contributed by atoms with E-state index >= 15 is 0 Å². The highest BCUT2D eigenvalue weighted by Gasteiger charge is 2.11. The third kappa shape index (κ3) is 1.88. The minimum Gasteiger partial charge on any atom is -0.386 e. The molecule has 0 saturated heterocycles. The van der Waals surface area contributed by atoms with E-state index in [1.54, 1.807) is 18.3 Å². The van der Waals surface area contributed by atoms with Gasteiger partial charge in [-0.1, -0.05) is 18.2 Å². The molecule has 1 unspecified atom stereocenters. The molecule has 0 amide bonds. The van der Waals surface area contributed by atoms with Crippen LogP contribution in [-0.4, -0.2) is 10.1 Å². The molecule has 2 nitrogen and oxygen atoms in total.